The Labute approximate surface area is 115 Å². The van der Waals surface area contributed by atoms with E-state index < -0.39 is 0 Å². The summed E-state index contributed by atoms with van der Waals surface area (Å²) in [4.78, 5) is 12.7. The van der Waals surface area contributed by atoms with Crippen molar-refractivity contribution in [1.29, 1.82) is 0 Å². The van der Waals surface area contributed by atoms with Crippen LogP contribution >= 0.6 is 11.6 Å². The van der Waals surface area contributed by atoms with Crippen LogP contribution in [-0.2, 0) is 0 Å². The number of aromatic nitrogens is 4. The molecule has 2 N–H and O–H groups in total. The van der Waals surface area contributed by atoms with Gasteiger partial charge < -0.3 is 5.73 Å². The van der Waals surface area contributed by atoms with Gasteiger partial charge in [-0.2, -0.15) is 0 Å². The van der Waals surface area contributed by atoms with Crippen molar-refractivity contribution in [2.75, 3.05) is 5.73 Å². The highest BCUT2D eigenvalue weighted by molar-refractivity contribution is 6.31. The molecule has 3 aromatic rings. The average Bonchev–Trinajstić information content (AvgIpc) is 2.74. The van der Waals surface area contributed by atoms with E-state index in [-0.39, 0.29) is 6.04 Å². The highest BCUT2D eigenvalue weighted by Gasteiger charge is 2.16. The fourth-order valence-corrected chi connectivity index (χ4v) is 2.28. The fourth-order valence-electron chi connectivity index (χ4n) is 2.13. The number of halogens is 1. The molecule has 0 aliphatic carbocycles. The van der Waals surface area contributed by atoms with Crippen molar-refractivity contribution in [3.05, 3.63) is 47.4 Å². The van der Waals surface area contributed by atoms with Crippen LogP contribution in [-0.4, -0.2) is 19.5 Å². The number of nitrogens with two attached hydrogens (primary N) is 1. The summed E-state index contributed by atoms with van der Waals surface area (Å²) in [6.45, 7) is 2.03. The Bertz CT molecular complexity index is 722. The van der Waals surface area contributed by atoms with Crippen molar-refractivity contribution >= 4 is 28.7 Å². The monoisotopic (exact) mass is 273 g/mol. The first kappa shape index (κ1) is 11.9. The second-order valence-electron chi connectivity index (χ2n) is 4.30. The third-order valence-corrected chi connectivity index (χ3v) is 3.28. The van der Waals surface area contributed by atoms with Crippen LogP contribution in [0.15, 0.2) is 36.8 Å². The van der Waals surface area contributed by atoms with Crippen molar-refractivity contribution in [2.24, 2.45) is 0 Å². The van der Waals surface area contributed by atoms with Gasteiger partial charge in [0.05, 0.1) is 11.1 Å². The largest absolute Gasteiger partial charge is 0.369 e. The molecule has 0 saturated carbocycles. The van der Waals surface area contributed by atoms with Crippen LogP contribution in [0.4, 0.5) is 5.95 Å². The second-order valence-corrected chi connectivity index (χ2v) is 4.74. The average molecular weight is 274 g/mol. The molecular weight excluding hydrogens is 262 g/mol. The zero-order valence-corrected chi connectivity index (χ0v) is 11.0. The van der Waals surface area contributed by atoms with Crippen LogP contribution in [0, 0.1) is 0 Å². The maximum Gasteiger partial charge on any atom is 0.203 e. The lowest BCUT2D eigenvalue weighted by Gasteiger charge is -2.15. The van der Waals surface area contributed by atoms with Crippen LogP contribution in [0.3, 0.4) is 0 Å². The third-order valence-electron chi connectivity index (χ3n) is 3.08. The highest BCUT2D eigenvalue weighted by atomic mass is 35.5. The van der Waals surface area contributed by atoms with E-state index >= 15 is 0 Å². The summed E-state index contributed by atoms with van der Waals surface area (Å²) < 4.78 is 1.88. The predicted molar refractivity (Wildman–Crippen MR) is 75.0 cm³/mol. The number of hydrogen-bond acceptors (Lipinski definition) is 4. The van der Waals surface area contributed by atoms with Crippen LogP contribution in [0.2, 0.25) is 5.02 Å². The van der Waals surface area contributed by atoms with Gasteiger partial charge >= 0.3 is 0 Å². The standard InChI is InChI=1S/C13H12ClN5/c1-8(9-3-2-4-16-6-9)19-12-11(18-13(19)15)5-10(14)7-17-12/h2-8H,1H3,(H2,15,18). The van der Waals surface area contributed by atoms with Crippen molar-refractivity contribution in [1.82, 2.24) is 19.5 Å². The van der Waals surface area contributed by atoms with Gasteiger partial charge in [-0.05, 0) is 24.6 Å². The van der Waals surface area contributed by atoms with E-state index in [0.29, 0.717) is 16.5 Å². The van der Waals surface area contributed by atoms with Crippen LogP contribution in [0.1, 0.15) is 18.5 Å². The van der Waals surface area contributed by atoms with E-state index in [4.69, 9.17) is 17.3 Å². The number of fused-ring (bicyclic) bond motifs is 1. The summed E-state index contributed by atoms with van der Waals surface area (Å²) in [6.07, 6.45) is 5.15. The Hall–Kier alpha value is -2.14. The van der Waals surface area contributed by atoms with Crippen LogP contribution < -0.4 is 5.73 Å². The molecule has 0 spiro atoms. The number of nitrogens with zero attached hydrogens (tertiary/aromatic N) is 4. The Balaban J connectivity index is 2.17. The summed E-state index contributed by atoms with van der Waals surface area (Å²) in [5.41, 5.74) is 8.45. The maximum atomic E-state index is 5.99. The molecule has 0 aliphatic rings. The minimum atomic E-state index is 0.00683. The Morgan fingerprint density at radius 2 is 2.21 bits per heavy atom. The molecule has 0 aromatic carbocycles. The molecule has 0 bridgehead atoms. The molecule has 19 heavy (non-hydrogen) atoms. The SMILES string of the molecule is CC(c1cccnc1)n1c(N)nc2cc(Cl)cnc21. The molecule has 1 atom stereocenters. The van der Waals surface area contributed by atoms with E-state index in [9.17, 15) is 0 Å². The van der Waals surface area contributed by atoms with E-state index in [1.807, 2.05) is 29.8 Å². The Morgan fingerprint density at radius 1 is 1.37 bits per heavy atom. The lowest BCUT2D eigenvalue weighted by atomic mass is 10.1. The summed E-state index contributed by atoms with van der Waals surface area (Å²) in [5.74, 6) is 0.418. The minimum absolute atomic E-state index is 0.00683. The lowest BCUT2D eigenvalue weighted by molar-refractivity contribution is 0.659. The molecule has 3 aromatic heterocycles. The van der Waals surface area contributed by atoms with Gasteiger partial charge in [-0.15, -0.1) is 0 Å². The quantitative estimate of drug-likeness (QED) is 0.779. The van der Waals surface area contributed by atoms with Gasteiger partial charge in [0.1, 0.15) is 5.52 Å². The fraction of sp³-hybridized carbons (Fsp3) is 0.154. The summed E-state index contributed by atoms with van der Waals surface area (Å²) >= 11 is 5.91. The van der Waals surface area contributed by atoms with Gasteiger partial charge in [0.15, 0.2) is 5.65 Å². The molecule has 0 fully saturated rings. The van der Waals surface area contributed by atoms with E-state index in [1.54, 1.807) is 18.5 Å². The number of anilines is 1. The minimum Gasteiger partial charge on any atom is -0.369 e. The van der Waals surface area contributed by atoms with Crippen molar-refractivity contribution in [2.45, 2.75) is 13.0 Å². The zero-order valence-electron chi connectivity index (χ0n) is 10.3. The maximum absolute atomic E-state index is 5.99. The first-order valence-corrected chi connectivity index (χ1v) is 6.23. The lowest BCUT2D eigenvalue weighted by Crippen LogP contribution is -2.10. The second kappa shape index (κ2) is 4.51. The van der Waals surface area contributed by atoms with Crippen LogP contribution in [0.5, 0.6) is 0 Å². The van der Waals surface area contributed by atoms with Gasteiger partial charge in [0.2, 0.25) is 5.95 Å². The van der Waals surface area contributed by atoms with Crippen molar-refractivity contribution < 1.29 is 0 Å². The number of hydrogen-bond donors (Lipinski definition) is 1. The topological polar surface area (TPSA) is 69.6 Å². The molecule has 0 aliphatic heterocycles. The predicted octanol–water partition coefficient (Wildman–Crippen LogP) is 2.67. The van der Waals surface area contributed by atoms with Crippen molar-refractivity contribution in [3.8, 4) is 0 Å². The first-order valence-electron chi connectivity index (χ1n) is 5.85. The van der Waals surface area contributed by atoms with Gasteiger partial charge in [0.25, 0.3) is 0 Å². The summed E-state index contributed by atoms with van der Waals surface area (Å²) in [5, 5.41) is 0.547. The van der Waals surface area contributed by atoms with Gasteiger partial charge in [0, 0.05) is 18.6 Å². The Morgan fingerprint density at radius 3 is 2.95 bits per heavy atom. The molecule has 0 radical (unpaired) electrons. The Kier molecular flexibility index (Phi) is 2.83. The van der Waals surface area contributed by atoms with Gasteiger partial charge in [-0.3, -0.25) is 9.55 Å². The normalized spacial score (nSPS) is 12.7. The molecule has 0 saturated heterocycles. The smallest absolute Gasteiger partial charge is 0.203 e. The number of imidazole rings is 1. The molecule has 3 heterocycles. The zero-order chi connectivity index (χ0) is 13.4. The third kappa shape index (κ3) is 2.02. The molecule has 1 unspecified atom stereocenters. The van der Waals surface area contributed by atoms with Crippen LogP contribution in [0.25, 0.3) is 11.2 Å². The molecule has 5 nitrogen and oxygen atoms in total. The molecule has 0 amide bonds. The number of nitrogen functional groups attached to an aromatic ring is 1. The van der Waals surface area contributed by atoms with E-state index in [0.717, 1.165) is 11.2 Å². The van der Waals surface area contributed by atoms with Gasteiger partial charge in [-0.25, -0.2) is 9.97 Å². The molecule has 96 valence electrons. The number of rotatable bonds is 2. The highest BCUT2D eigenvalue weighted by Crippen LogP contribution is 2.26. The molecule has 3 rings (SSSR count). The van der Waals surface area contributed by atoms with Gasteiger partial charge in [-0.1, -0.05) is 17.7 Å². The summed E-state index contributed by atoms with van der Waals surface area (Å²) in [7, 11) is 0. The first-order chi connectivity index (χ1) is 9.16. The molecular formula is C13H12ClN5. The summed E-state index contributed by atoms with van der Waals surface area (Å²) in [6, 6.07) is 5.66. The van der Waals surface area contributed by atoms with E-state index in [1.165, 1.54) is 0 Å². The molecule has 6 heteroatoms. The van der Waals surface area contributed by atoms with E-state index in [2.05, 4.69) is 15.0 Å². The number of pyridine rings is 2. The van der Waals surface area contributed by atoms with Crippen molar-refractivity contribution in [3.63, 3.8) is 0 Å².